The average Bonchev–Trinajstić information content (AvgIpc) is 2.77. The van der Waals surface area contributed by atoms with Crippen LogP contribution in [0.2, 0.25) is 0 Å². The maximum atomic E-state index is 11.4. The van der Waals surface area contributed by atoms with Gasteiger partial charge in [-0.1, -0.05) is 0 Å². The first-order valence-corrected chi connectivity index (χ1v) is 3.44. The average molecular weight is 162 g/mol. The first-order valence-electron chi connectivity index (χ1n) is 3.44. The van der Waals surface area contributed by atoms with Gasteiger partial charge in [-0.3, -0.25) is 4.79 Å². The number of furan rings is 1. The molecule has 0 saturated carbocycles. The Hall–Kier alpha value is -1.84. The van der Waals surface area contributed by atoms with Crippen LogP contribution in [0.1, 0.15) is 10.4 Å². The molecule has 2 rings (SSSR count). The van der Waals surface area contributed by atoms with Gasteiger partial charge in [0.2, 0.25) is 0 Å². The highest BCUT2D eigenvalue weighted by atomic mass is 16.3. The second-order valence-corrected chi connectivity index (χ2v) is 2.27. The van der Waals surface area contributed by atoms with Gasteiger partial charge >= 0.3 is 0 Å². The first kappa shape index (κ1) is 6.84. The number of hydrogen-bond acceptors (Lipinski definition) is 3. The third-order valence-electron chi connectivity index (χ3n) is 1.48. The number of carbonyl (C=O) groups is 1. The van der Waals surface area contributed by atoms with Gasteiger partial charge in [0.1, 0.15) is 6.26 Å². The first-order chi connectivity index (χ1) is 5.88. The molecule has 0 radical (unpaired) electrons. The summed E-state index contributed by atoms with van der Waals surface area (Å²) < 4.78 is 6.03. The van der Waals surface area contributed by atoms with Gasteiger partial charge in [-0.15, -0.1) is 0 Å². The van der Waals surface area contributed by atoms with Crippen molar-refractivity contribution in [1.82, 2.24) is 9.78 Å². The normalized spacial score (nSPS) is 10.0. The van der Waals surface area contributed by atoms with E-state index in [0.29, 0.717) is 5.56 Å². The molecule has 0 atom stereocenters. The highest BCUT2D eigenvalue weighted by molar-refractivity contribution is 5.94. The third kappa shape index (κ3) is 1.03. The molecule has 0 fully saturated rings. The van der Waals surface area contributed by atoms with E-state index in [1.54, 1.807) is 24.5 Å². The van der Waals surface area contributed by atoms with E-state index < -0.39 is 0 Å². The van der Waals surface area contributed by atoms with E-state index in [0.717, 1.165) is 0 Å². The molecule has 12 heavy (non-hydrogen) atoms. The van der Waals surface area contributed by atoms with E-state index in [1.807, 2.05) is 0 Å². The van der Waals surface area contributed by atoms with Gasteiger partial charge in [0, 0.05) is 12.4 Å². The van der Waals surface area contributed by atoms with Crippen molar-refractivity contribution in [2.45, 2.75) is 0 Å². The van der Waals surface area contributed by atoms with Gasteiger partial charge in [0.05, 0.1) is 11.8 Å². The van der Waals surface area contributed by atoms with Crippen LogP contribution in [0.5, 0.6) is 0 Å². The summed E-state index contributed by atoms with van der Waals surface area (Å²) in [6.45, 7) is 0. The van der Waals surface area contributed by atoms with E-state index in [-0.39, 0.29) is 5.91 Å². The minimum Gasteiger partial charge on any atom is -0.472 e. The summed E-state index contributed by atoms with van der Waals surface area (Å²) in [5, 5.41) is 3.80. The monoisotopic (exact) mass is 162 g/mol. The molecule has 0 amide bonds. The predicted molar refractivity (Wildman–Crippen MR) is 40.7 cm³/mol. The van der Waals surface area contributed by atoms with Crippen LogP contribution in [0.15, 0.2) is 41.5 Å². The second kappa shape index (κ2) is 2.65. The molecule has 0 aromatic carbocycles. The van der Waals surface area contributed by atoms with E-state index >= 15 is 0 Å². The molecule has 2 aromatic heterocycles. The topological polar surface area (TPSA) is 48.0 Å². The molecule has 0 aliphatic heterocycles. The van der Waals surface area contributed by atoms with Crippen molar-refractivity contribution in [2.24, 2.45) is 0 Å². The number of carbonyl (C=O) groups excluding carboxylic acids is 1. The van der Waals surface area contributed by atoms with Crippen LogP contribution in [-0.4, -0.2) is 15.7 Å². The molecule has 0 aliphatic carbocycles. The largest absolute Gasteiger partial charge is 0.472 e. The van der Waals surface area contributed by atoms with Crippen LogP contribution in [-0.2, 0) is 0 Å². The summed E-state index contributed by atoms with van der Waals surface area (Å²) in [6, 6.07) is 3.29. The summed E-state index contributed by atoms with van der Waals surface area (Å²) in [6.07, 6.45) is 5.99. The molecular formula is C8H6N2O2. The van der Waals surface area contributed by atoms with Gasteiger partial charge in [-0.05, 0) is 12.1 Å². The number of rotatable bonds is 1. The molecule has 0 spiro atoms. The van der Waals surface area contributed by atoms with Crippen LogP contribution in [0.4, 0.5) is 0 Å². The van der Waals surface area contributed by atoms with Crippen LogP contribution < -0.4 is 0 Å². The molecule has 2 heterocycles. The quantitative estimate of drug-likeness (QED) is 0.632. The zero-order valence-corrected chi connectivity index (χ0v) is 6.18. The van der Waals surface area contributed by atoms with Crippen molar-refractivity contribution in [2.75, 3.05) is 0 Å². The van der Waals surface area contributed by atoms with E-state index in [2.05, 4.69) is 5.10 Å². The molecule has 0 N–H and O–H groups in total. The molecule has 0 saturated heterocycles. The lowest BCUT2D eigenvalue weighted by atomic mass is 10.3. The fourth-order valence-corrected chi connectivity index (χ4v) is 0.907. The van der Waals surface area contributed by atoms with E-state index in [4.69, 9.17) is 4.42 Å². The molecule has 0 bridgehead atoms. The molecule has 0 unspecified atom stereocenters. The van der Waals surface area contributed by atoms with Gasteiger partial charge in [-0.2, -0.15) is 5.10 Å². The van der Waals surface area contributed by atoms with Crippen molar-refractivity contribution in [3.05, 3.63) is 42.6 Å². The van der Waals surface area contributed by atoms with Crippen molar-refractivity contribution in [1.29, 1.82) is 0 Å². The van der Waals surface area contributed by atoms with Gasteiger partial charge in [-0.25, -0.2) is 4.68 Å². The Morgan fingerprint density at radius 3 is 3.08 bits per heavy atom. The Morgan fingerprint density at radius 1 is 1.58 bits per heavy atom. The maximum Gasteiger partial charge on any atom is 0.281 e. The van der Waals surface area contributed by atoms with E-state index in [1.165, 1.54) is 17.2 Å². The number of hydrogen-bond donors (Lipinski definition) is 0. The highest BCUT2D eigenvalue weighted by Crippen LogP contribution is 2.02. The van der Waals surface area contributed by atoms with Crippen LogP contribution in [0, 0.1) is 0 Å². The van der Waals surface area contributed by atoms with Crippen molar-refractivity contribution >= 4 is 5.91 Å². The molecular weight excluding hydrogens is 156 g/mol. The molecule has 2 aromatic rings. The summed E-state index contributed by atoms with van der Waals surface area (Å²) in [5.41, 5.74) is 0.499. The number of nitrogens with zero attached hydrogens (tertiary/aromatic N) is 2. The predicted octanol–water partition coefficient (Wildman–Crippen LogP) is 1.16. The zero-order valence-electron chi connectivity index (χ0n) is 6.18. The summed E-state index contributed by atoms with van der Waals surface area (Å²) in [4.78, 5) is 11.4. The fraction of sp³-hybridized carbons (Fsp3) is 0. The smallest absolute Gasteiger partial charge is 0.281 e. The lowest BCUT2D eigenvalue weighted by molar-refractivity contribution is 0.0944. The standard InChI is InChI=1S/C8H6N2O2/c11-8(7-2-5-12-6-7)10-4-1-3-9-10/h1-6H. The van der Waals surface area contributed by atoms with Gasteiger partial charge < -0.3 is 4.42 Å². The van der Waals surface area contributed by atoms with Gasteiger partial charge in [0.15, 0.2) is 0 Å². The maximum absolute atomic E-state index is 11.4. The molecule has 4 nitrogen and oxygen atoms in total. The Bertz CT molecular complexity index is 325. The summed E-state index contributed by atoms with van der Waals surface area (Å²) in [5.74, 6) is -0.186. The number of aromatic nitrogens is 2. The Morgan fingerprint density at radius 2 is 2.50 bits per heavy atom. The summed E-state index contributed by atoms with van der Waals surface area (Å²) in [7, 11) is 0. The van der Waals surface area contributed by atoms with Crippen LogP contribution in [0.3, 0.4) is 0 Å². The Balaban J connectivity index is 2.34. The lowest BCUT2D eigenvalue weighted by Crippen LogP contribution is -2.10. The van der Waals surface area contributed by atoms with Crippen molar-refractivity contribution in [3.8, 4) is 0 Å². The summed E-state index contributed by atoms with van der Waals surface area (Å²) >= 11 is 0. The molecule has 60 valence electrons. The van der Waals surface area contributed by atoms with Crippen LogP contribution >= 0.6 is 0 Å². The minimum atomic E-state index is -0.186. The van der Waals surface area contributed by atoms with Gasteiger partial charge in [0.25, 0.3) is 5.91 Å². The SMILES string of the molecule is O=C(c1ccoc1)n1cccn1. The molecule has 0 aliphatic rings. The zero-order chi connectivity index (χ0) is 8.39. The van der Waals surface area contributed by atoms with Crippen molar-refractivity contribution < 1.29 is 9.21 Å². The Kier molecular flexibility index (Phi) is 1.51. The minimum absolute atomic E-state index is 0.186. The lowest BCUT2D eigenvalue weighted by Gasteiger charge is -1.93. The highest BCUT2D eigenvalue weighted by Gasteiger charge is 2.08. The third-order valence-corrected chi connectivity index (χ3v) is 1.48. The van der Waals surface area contributed by atoms with Crippen molar-refractivity contribution in [3.63, 3.8) is 0 Å². The van der Waals surface area contributed by atoms with E-state index in [9.17, 15) is 4.79 Å². The second-order valence-electron chi connectivity index (χ2n) is 2.27. The van der Waals surface area contributed by atoms with Crippen LogP contribution in [0.25, 0.3) is 0 Å². The fourth-order valence-electron chi connectivity index (χ4n) is 0.907. The molecule has 4 heteroatoms. The Labute approximate surface area is 68.4 Å².